The van der Waals surface area contributed by atoms with Crippen LogP contribution < -0.4 is 4.90 Å². The SMILES string of the molecule is CCN1C(=O)/C(=C2\SC(C)=C(C)N2c2nccs2)S/C1=N\S(=O)(=O)c1ccccc1. The number of benzene rings is 1. The van der Waals surface area contributed by atoms with E-state index in [0.29, 0.717) is 11.4 Å². The summed E-state index contributed by atoms with van der Waals surface area (Å²) in [6, 6.07) is 8.00. The summed E-state index contributed by atoms with van der Waals surface area (Å²) in [6.07, 6.45) is 1.72. The monoisotopic (exact) mass is 478 g/mol. The fraction of sp³-hybridized carbons (Fsp3) is 0.211. The number of likely N-dealkylation sites (N-methyl/N-ethyl adjacent to an activating group) is 1. The van der Waals surface area contributed by atoms with E-state index in [9.17, 15) is 13.2 Å². The van der Waals surface area contributed by atoms with Crippen molar-refractivity contribution in [2.24, 2.45) is 4.40 Å². The molecule has 0 bridgehead atoms. The van der Waals surface area contributed by atoms with Gasteiger partial charge in [-0.25, -0.2) is 4.98 Å². The van der Waals surface area contributed by atoms with E-state index in [0.717, 1.165) is 32.5 Å². The molecule has 0 aliphatic carbocycles. The number of anilines is 1. The van der Waals surface area contributed by atoms with Crippen LogP contribution in [0.25, 0.3) is 0 Å². The van der Waals surface area contributed by atoms with Gasteiger partial charge in [-0.05, 0) is 44.7 Å². The zero-order chi connectivity index (χ0) is 21.5. The van der Waals surface area contributed by atoms with Gasteiger partial charge < -0.3 is 0 Å². The van der Waals surface area contributed by atoms with Crippen LogP contribution in [0.5, 0.6) is 0 Å². The van der Waals surface area contributed by atoms with Crippen molar-refractivity contribution in [3.8, 4) is 0 Å². The molecule has 2 aliphatic heterocycles. The van der Waals surface area contributed by atoms with Gasteiger partial charge in [-0.1, -0.05) is 30.0 Å². The summed E-state index contributed by atoms with van der Waals surface area (Å²) in [5.74, 6) is -0.254. The number of thiazole rings is 1. The van der Waals surface area contributed by atoms with E-state index in [4.69, 9.17) is 0 Å². The predicted molar refractivity (Wildman–Crippen MR) is 124 cm³/mol. The molecule has 0 saturated carbocycles. The van der Waals surface area contributed by atoms with E-state index in [1.165, 1.54) is 40.1 Å². The quantitative estimate of drug-likeness (QED) is 0.600. The highest BCUT2D eigenvalue weighted by atomic mass is 32.2. The summed E-state index contributed by atoms with van der Waals surface area (Å²) in [5, 5.41) is 3.54. The third kappa shape index (κ3) is 3.70. The number of carbonyl (C=O) groups is 1. The highest BCUT2D eigenvalue weighted by Crippen LogP contribution is 2.49. The molecule has 1 fully saturated rings. The topological polar surface area (TPSA) is 82.9 Å². The van der Waals surface area contributed by atoms with E-state index in [1.54, 1.807) is 31.3 Å². The molecule has 3 heterocycles. The second kappa shape index (κ2) is 8.22. The molecule has 0 unspecified atom stereocenters. The first-order valence-corrected chi connectivity index (χ1v) is 13.0. The van der Waals surface area contributed by atoms with Crippen LogP contribution in [0, 0.1) is 0 Å². The van der Waals surface area contributed by atoms with Crippen molar-refractivity contribution >= 4 is 61.1 Å². The summed E-state index contributed by atoms with van der Waals surface area (Å²) < 4.78 is 29.5. The Morgan fingerprint density at radius 1 is 1.13 bits per heavy atom. The number of hydrogen-bond donors (Lipinski definition) is 0. The highest BCUT2D eigenvalue weighted by Gasteiger charge is 2.40. The largest absolute Gasteiger partial charge is 0.286 e. The number of thioether (sulfide) groups is 2. The van der Waals surface area contributed by atoms with Crippen LogP contribution >= 0.6 is 34.9 Å². The fourth-order valence-corrected chi connectivity index (χ4v) is 7.17. The lowest BCUT2D eigenvalue weighted by molar-refractivity contribution is -0.122. The second-order valence-corrected chi connectivity index (χ2v) is 11.0. The van der Waals surface area contributed by atoms with Gasteiger partial charge in [0.25, 0.3) is 15.9 Å². The zero-order valence-corrected chi connectivity index (χ0v) is 19.7. The van der Waals surface area contributed by atoms with E-state index in [-0.39, 0.29) is 16.0 Å². The average Bonchev–Trinajstić information content (AvgIpc) is 3.42. The Bertz CT molecular complexity index is 1190. The van der Waals surface area contributed by atoms with Gasteiger partial charge in [-0.2, -0.15) is 8.42 Å². The Kier molecular flexibility index (Phi) is 5.80. The normalized spacial score (nSPS) is 21.4. The minimum atomic E-state index is -3.93. The van der Waals surface area contributed by atoms with E-state index in [2.05, 4.69) is 9.38 Å². The first-order valence-electron chi connectivity index (χ1n) is 9.02. The van der Waals surface area contributed by atoms with Gasteiger partial charge in [-0.15, -0.1) is 15.7 Å². The number of aromatic nitrogens is 1. The Labute approximate surface area is 187 Å². The Morgan fingerprint density at radius 2 is 1.87 bits per heavy atom. The van der Waals surface area contributed by atoms with Crippen LogP contribution in [0.15, 0.2) is 71.7 Å². The molecular weight excluding hydrogens is 461 g/mol. The Morgan fingerprint density at radius 3 is 2.50 bits per heavy atom. The van der Waals surface area contributed by atoms with Crippen LogP contribution in [0.3, 0.4) is 0 Å². The van der Waals surface area contributed by atoms with Gasteiger partial charge in [0.15, 0.2) is 10.3 Å². The van der Waals surface area contributed by atoms with E-state index >= 15 is 0 Å². The van der Waals surface area contributed by atoms with E-state index in [1.807, 2.05) is 24.1 Å². The molecular formula is C19H18N4O3S4. The van der Waals surface area contributed by atoms with Gasteiger partial charge in [0, 0.05) is 28.7 Å². The molecule has 30 heavy (non-hydrogen) atoms. The van der Waals surface area contributed by atoms with Crippen molar-refractivity contribution in [1.29, 1.82) is 0 Å². The molecule has 7 nitrogen and oxygen atoms in total. The van der Waals surface area contributed by atoms with Crippen LogP contribution in [-0.4, -0.2) is 35.9 Å². The lowest BCUT2D eigenvalue weighted by Gasteiger charge is -2.19. The summed E-state index contributed by atoms with van der Waals surface area (Å²) in [7, 11) is -3.93. The number of hydrogen-bond acceptors (Lipinski definition) is 8. The molecule has 1 amide bonds. The van der Waals surface area contributed by atoms with Gasteiger partial charge in [0.2, 0.25) is 0 Å². The van der Waals surface area contributed by atoms with Crippen LogP contribution in [0.2, 0.25) is 0 Å². The standard InChI is InChI=1S/C19H18N4O3S4/c1-4-22-16(24)15(17-23(12(2)13(3)28-17)18-20-10-11-27-18)29-19(22)21-30(25,26)14-8-6-5-7-9-14/h5-11H,4H2,1-3H3/b17-15+,21-19-. The summed E-state index contributed by atoms with van der Waals surface area (Å²) in [5.41, 5.74) is 0.996. The molecule has 0 spiro atoms. The lowest BCUT2D eigenvalue weighted by Crippen LogP contribution is -2.30. The number of amidine groups is 1. The molecule has 0 radical (unpaired) electrons. The van der Waals surface area contributed by atoms with Crippen LogP contribution in [0.1, 0.15) is 20.8 Å². The van der Waals surface area contributed by atoms with E-state index < -0.39 is 10.0 Å². The number of amides is 1. The first kappa shape index (κ1) is 21.2. The molecule has 1 saturated heterocycles. The number of rotatable bonds is 4. The maximum absolute atomic E-state index is 13.2. The summed E-state index contributed by atoms with van der Waals surface area (Å²) in [4.78, 5) is 22.5. The number of allylic oxidation sites excluding steroid dienone is 2. The van der Waals surface area contributed by atoms with Crippen molar-refractivity contribution in [2.75, 3.05) is 11.4 Å². The summed E-state index contributed by atoms with van der Waals surface area (Å²) >= 11 is 4.06. The van der Waals surface area contributed by atoms with Gasteiger partial charge in [0.05, 0.1) is 4.90 Å². The minimum absolute atomic E-state index is 0.0933. The van der Waals surface area contributed by atoms with Gasteiger partial charge >= 0.3 is 0 Å². The molecule has 156 valence electrons. The molecule has 2 aliphatic rings. The molecule has 2 aromatic rings. The lowest BCUT2D eigenvalue weighted by atomic mass is 10.4. The van der Waals surface area contributed by atoms with Gasteiger partial charge in [-0.3, -0.25) is 14.6 Å². The van der Waals surface area contributed by atoms with Crippen LogP contribution in [0.4, 0.5) is 5.13 Å². The smallest absolute Gasteiger partial charge is 0.284 e. The van der Waals surface area contributed by atoms with Crippen molar-refractivity contribution in [3.05, 3.63) is 62.4 Å². The van der Waals surface area contributed by atoms with Crippen molar-refractivity contribution in [2.45, 2.75) is 25.7 Å². The molecule has 4 rings (SSSR count). The average molecular weight is 479 g/mol. The molecule has 1 aromatic heterocycles. The fourth-order valence-electron chi connectivity index (χ4n) is 2.91. The second-order valence-electron chi connectivity index (χ2n) is 6.34. The molecule has 0 N–H and O–H groups in total. The molecule has 1 aromatic carbocycles. The maximum Gasteiger partial charge on any atom is 0.284 e. The third-order valence-electron chi connectivity index (χ3n) is 4.52. The predicted octanol–water partition coefficient (Wildman–Crippen LogP) is 4.46. The molecule has 0 atom stereocenters. The zero-order valence-electron chi connectivity index (χ0n) is 16.4. The van der Waals surface area contributed by atoms with Crippen molar-refractivity contribution < 1.29 is 13.2 Å². The Balaban J connectivity index is 1.78. The Hall–Kier alpha value is -2.08. The van der Waals surface area contributed by atoms with Crippen molar-refractivity contribution in [1.82, 2.24) is 9.88 Å². The summed E-state index contributed by atoms with van der Waals surface area (Å²) in [6.45, 7) is 6.09. The number of carbonyl (C=O) groups excluding carboxylic acids is 1. The van der Waals surface area contributed by atoms with Gasteiger partial charge in [0.1, 0.15) is 9.93 Å². The maximum atomic E-state index is 13.2. The van der Waals surface area contributed by atoms with Crippen molar-refractivity contribution in [3.63, 3.8) is 0 Å². The highest BCUT2D eigenvalue weighted by molar-refractivity contribution is 8.20. The third-order valence-corrected chi connectivity index (χ3v) is 9.05. The van der Waals surface area contributed by atoms with Crippen LogP contribution in [-0.2, 0) is 14.8 Å². The molecule has 11 heteroatoms. The minimum Gasteiger partial charge on any atom is -0.286 e. The number of sulfonamides is 1. The first-order chi connectivity index (χ1) is 14.3. The number of nitrogens with zero attached hydrogens (tertiary/aromatic N) is 4.